The van der Waals surface area contributed by atoms with Crippen molar-refractivity contribution in [3.8, 4) is 11.1 Å². The third-order valence-corrected chi connectivity index (χ3v) is 5.45. The second-order valence-electron chi connectivity index (χ2n) is 9.31. The Kier molecular flexibility index (Phi) is 5.82. The first kappa shape index (κ1) is 21.7. The average Bonchev–Trinajstić information content (AvgIpc) is 3.48. The Morgan fingerprint density at radius 2 is 1.88 bits per heavy atom. The molecule has 2 aromatic heterocycles. The van der Waals surface area contributed by atoms with E-state index in [0.29, 0.717) is 18.3 Å². The van der Waals surface area contributed by atoms with Gasteiger partial charge in [-0.2, -0.15) is 0 Å². The summed E-state index contributed by atoms with van der Waals surface area (Å²) in [6, 6.07) is 9.87. The lowest BCUT2D eigenvalue weighted by molar-refractivity contribution is -0.117. The Balaban J connectivity index is 1.41. The fourth-order valence-electron chi connectivity index (χ4n) is 3.31. The number of hydrogen-bond donors (Lipinski definition) is 2. The predicted octanol–water partition coefficient (Wildman–Crippen LogP) is 4.62. The van der Waals surface area contributed by atoms with E-state index in [2.05, 4.69) is 26.7 Å². The largest absolute Gasteiger partial charge is 0.448 e. The molecular weight excluding hydrogens is 404 g/mol. The lowest BCUT2D eigenvalue weighted by Crippen LogP contribution is -2.24. The number of pyridine rings is 1. The summed E-state index contributed by atoms with van der Waals surface area (Å²) in [5.74, 6) is 1.01. The first-order valence-electron chi connectivity index (χ1n) is 10.8. The van der Waals surface area contributed by atoms with E-state index in [-0.39, 0.29) is 28.8 Å². The van der Waals surface area contributed by atoms with Gasteiger partial charge in [0.25, 0.3) is 5.91 Å². The van der Waals surface area contributed by atoms with Crippen LogP contribution < -0.4 is 10.6 Å². The van der Waals surface area contributed by atoms with Crippen molar-refractivity contribution in [1.29, 1.82) is 0 Å². The Bertz CT molecular complexity index is 1160. The number of aryl methyl sites for hydroxylation is 1. The van der Waals surface area contributed by atoms with Crippen LogP contribution in [-0.4, -0.2) is 21.8 Å². The summed E-state index contributed by atoms with van der Waals surface area (Å²) in [4.78, 5) is 33.0. The van der Waals surface area contributed by atoms with Crippen molar-refractivity contribution in [2.45, 2.75) is 52.5 Å². The van der Waals surface area contributed by atoms with Gasteiger partial charge in [0.15, 0.2) is 11.6 Å². The van der Waals surface area contributed by atoms with Gasteiger partial charge in [0.05, 0.1) is 0 Å². The van der Waals surface area contributed by atoms with E-state index in [4.69, 9.17) is 4.42 Å². The Morgan fingerprint density at radius 3 is 2.53 bits per heavy atom. The molecule has 7 heteroatoms. The first-order valence-corrected chi connectivity index (χ1v) is 10.8. The third-order valence-electron chi connectivity index (χ3n) is 5.45. The van der Waals surface area contributed by atoms with Crippen LogP contribution in [0.3, 0.4) is 0 Å². The smallest absolute Gasteiger partial charge is 0.273 e. The molecule has 2 amide bonds. The molecule has 3 aromatic rings. The van der Waals surface area contributed by atoms with Crippen LogP contribution in [0, 0.1) is 12.8 Å². The number of oxazole rings is 1. The quantitative estimate of drug-likeness (QED) is 0.592. The molecule has 2 heterocycles. The van der Waals surface area contributed by atoms with Crippen molar-refractivity contribution in [3.63, 3.8) is 0 Å². The van der Waals surface area contributed by atoms with Gasteiger partial charge < -0.3 is 15.1 Å². The number of anilines is 1. The van der Waals surface area contributed by atoms with E-state index in [1.165, 1.54) is 6.26 Å². The molecule has 7 nitrogen and oxygen atoms in total. The minimum atomic E-state index is -0.266. The number of benzene rings is 1. The van der Waals surface area contributed by atoms with Crippen LogP contribution in [0.2, 0.25) is 0 Å². The number of hydrogen-bond acceptors (Lipinski definition) is 5. The van der Waals surface area contributed by atoms with E-state index in [0.717, 1.165) is 35.1 Å². The van der Waals surface area contributed by atoms with Crippen molar-refractivity contribution >= 4 is 17.6 Å². The third kappa shape index (κ3) is 5.04. The molecular formula is C25H28N4O3. The van der Waals surface area contributed by atoms with Crippen LogP contribution in [0.5, 0.6) is 0 Å². The van der Waals surface area contributed by atoms with Gasteiger partial charge in [-0.15, -0.1) is 0 Å². The zero-order valence-electron chi connectivity index (χ0n) is 18.9. The van der Waals surface area contributed by atoms with Gasteiger partial charge in [-0.05, 0) is 54.2 Å². The minimum Gasteiger partial charge on any atom is -0.448 e. The molecule has 0 atom stereocenters. The number of carbonyl (C=O) groups excluding carboxylic acids is 2. The second-order valence-corrected chi connectivity index (χ2v) is 9.31. The summed E-state index contributed by atoms with van der Waals surface area (Å²) >= 11 is 0. The zero-order valence-corrected chi connectivity index (χ0v) is 18.9. The fraction of sp³-hybridized carbons (Fsp3) is 0.360. The van der Waals surface area contributed by atoms with Gasteiger partial charge >= 0.3 is 0 Å². The molecule has 166 valence electrons. The van der Waals surface area contributed by atoms with Crippen molar-refractivity contribution in [2.75, 3.05) is 5.32 Å². The predicted molar refractivity (Wildman–Crippen MR) is 122 cm³/mol. The number of rotatable bonds is 6. The van der Waals surface area contributed by atoms with E-state index in [1.807, 2.05) is 52.0 Å². The molecule has 0 saturated heterocycles. The zero-order chi connectivity index (χ0) is 22.9. The van der Waals surface area contributed by atoms with Gasteiger partial charge in [0, 0.05) is 24.1 Å². The maximum absolute atomic E-state index is 12.5. The van der Waals surface area contributed by atoms with E-state index in [9.17, 15) is 9.59 Å². The topological polar surface area (TPSA) is 97.1 Å². The highest BCUT2D eigenvalue weighted by molar-refractivity contribution is 5.93. The second kappa shape index (κ2) is 8.57. The van der Waals surface area contributed by atoms with Crippen molar-refractivity contribution in [3.05, 3.63) is 65.5 Å². The number of carbonyl (C=O) groups is 2. The molecule has 1 fully saturated rings. The summed E-state index contributed by atoms with van der Waals surface area (Å²) < 4.78 is 5.44. The highest BCUT2D eigenvalue weighted by Gasteiger charge is 2.29. The van der Waals surface area contributed by atoms with Crippen molar-refractivity contribution in [1.82, 2.24) is 15.3 Å². The van der Waals surface area contributed by atoms with Crippen LogP contribution in [0.4, 0.5) is 5.82 Å². The summed E-state index contributed by atoms with van der Waals surface area (Å²) in [7, 11) is 0. The maximum Gasteiger partial charge on any atom is 0.273 e. The molecule has 32 heavy (non-hydrogen) atoms. The molecule has 4 rings (SSSR count). The molecule has 0 bridgehead atoms. The normalized spacial score (nSPS) is 13.6. The molecule has 1 aliphatic carbocycles. The summed E-state index contributed by atoms with van der Waals surface area (Å²) in [6.07, 6.45) is 5.01. The summed E-state index contributed by atoms with van der Waals surface area (Å²) in [5, 5.41) is 5.80. The standard InChI is InChI=1S/C25H28N4O3/c1-15-11-17(18-9-10-26-21(12-18)29-22(30)16-5-6-16)7-8-19(15)13-27-23(31)20-14-32-24(28-20)25(2,3)4/h7-12,14,16H,5-6,13H2,1-4H3,(H,27,31)(H,26,29,30). The lowest BCUT2D eigenvalue weighted by Gasteiger charge is -2.12. The molecule has 2 N–H and O–H groups in total. The van der Waals surface area contributed by atoms with Crippen LogP contribution in [0.25, 0.3) is 11.1 Å². The number of amides is 2. The number of nitrogens with one attached hydrogen (secondary N) is 2. The number of aromatic nitrogens is 2. The van der Waals surface area contributed by atoms with E-state index in [1.54, 1.807) is 6.20 Å². The Hall–Kier alpha value is -3.48. The average molecular weight is 433 g/mol. The molecule has 1 saturated carbocycles. The van der Waals surface area contributed by atoms with E-state index >= 15 is 0 Å². The molecule has 0 aliphatic heterocycles. The molecule has 1 aliphatic rings. The van der Waals surface area contributed by atoms with Crippen LogP contribution in [0.15, 0.2) is 47.2 Å². The highest BCUT2D eigenvalue weighted by atomic mass is 16.3. The van der Waals surface area contributed by atoms with Gasteiger partial charge in [-0.25, -0.2) is 9.97 Å². The Labute approximate surface area is 187 Å². The lowest BCUT2D eigenvalue weighted by atomic mass is 9.97. The van der Waals surface area contributed by atoms with Gasteiger partial charge in [0.2, 0.25) is 5.91 Å². The molecule has 1 aromatic carbocycles. The fourth-order valence-corrected chi connectivity index (χ4v) is 3.31. The van der Waals surface area contributed by atoms with Gasteiger partial charge in [-0.3, -0.25) is 9.59 Å². The van der Waals surface area contributed by atoms with Crippen LogP contribution in [0.1, 0.15) is 61.1 Å². The van der Waals surface area contributed by atoms with Gasteiger partial charge in [-0.1, -0.05) is 39.0 Å². The first-order chi connectivity index (χ1) is 15.2. The molecule has 0 radical (unpaired) electrons. The Morgan fingerprint density at radius 1 is 1.12 bits per heavy atom. The van der Waals surface area contributed by atoms with Gasteiger partial charge in [0.1, 0.15) is 12.1 Å². The molecule has 0 unspecified atom stereocenters. The minimum absolute atomic E-state index is 0.0404. The van der Waals surface area contributed by atoms with Crippen LogP contribution in [-0.2, 0) is 16.8 Å². The van der Waals surface area contributed by atoms with Crippen molar-refractivity contribution in [2.24, 2.45) is 5.92 Å². The maximum atomic E-state index is 12.5. The monoisotopic (exact) mass is 432 g/mol. The van der Waals surface area contributed by atoms with Crippen molar-refractivity contribution < 1.29 is 14.0 Å². The van der Waals surface area contributed by atoms with E-state index < -0.39 is 0 Å². The molecule has 0 spiro atoms. The number of nitrogens with zero attached hydrogens (tertiary/aromatic N) is 2. The van der Waals surface area contributed by atoms with Crippen LogP contribution >= 0.6 is 0 Å². The highest BCUT2D eigenvalue weighted by Crippen LogP contribution is 2.30. The SMILES string of the molecule is Cc1cc(-c2ccnc(NC(=O)C3CC3)c2)ccc1CNC(=O)c1coc(C(C)(C)C)n1. The summed E-state index contributed by atoms with van der Waals surface area (Å²) in [6.45, 7) is 8.35. The summed E-state index contributed by atoms with van der Waals surface area (Å²) in [5.41, 5.74) is 4.09.